The predicted molar refractivity (Wildman–Crippen MR) is 95.7 cm³/mol. The van der Waals surface area contributed by atoms with Crippen molar-refractivity contribution in [1.29, 1.82) is 0 Å². The van der Waals surface area contributed by atoms with E-state index in [0.29, 0.717) is 5.92 Å². The Bertz CT molecular complexity index is 582. The molecule has 0 aliphatic rings. The molecule has 0 aromatic heterocycles. The lowest BCUT2D eigenvalue weighted by Gasteiger charge is -2.21. The second-order valence-electron chi connectivity index (χ2n) is 7.72. The Labute approximate surface area is 145 Å². The van der Waals surface area contributed by atoms with Crippen molar-refractivity contribution in [2.75, 3.05) is 0 Å². The van der Waals surface area contributed by atoms with Crippen LogP contribution in [0.2, 0.25) is 0 Å². The lowest BCUT2D eigenvalue weighted by Crippen LogP contribution is -2.21. The second kappa shape index (κ2) is 8.32. The average molecular weight is 334 g/mol. The highest BCUT2D eigenvalue weighted by molar-refractivity contribution is 6.02. The van der Waals surface area contributed by atoms with Gasteiger partial charge in [0.15, 0.2) is 0 Å². The number of benzene rings is 1. The lowest BCUT2D eigenvalue weighted by atomic mass is 9.85. The average Bonchev–Trinajstić information content (AvgIpc) is 2.49. The number of carboxylic acid groups (broad SMARTS) is 1. The third-order valence-electron chi connectivity index (χ3n) is 4.13. The van der Waals surface area contributed by atoms with Gasteiger partial charge in [-0.05, 0) is 48.3 Å². The third-order valence-corrected chi connectivity index (χ3v) is 4.13. The van der Waals surface area contributed by atoms with Crippen LogP contribution in [-0.4, -0.2) is 23.1 Å². The number of carbonyl (C=O) groups is 2. The van der Waals surface area contributed by atoms with Crippen molar-refractivity contribution in [2.45, 2.75) is 72.3 Å². The zero-order chi connectivity index (χ0) is 18.5. The Balaban J connectivity index is 3.03. The molecular formula is C20H30O4. The fraction of sp³-hybridized carbons (Fsp3) is 0.600. The van der Waals surface area contributed by atoms with Crippen LogP contribution in [0.25, 0.3) is 0 Å². The zero-order valence-corrected chi connectivity index (χ0v) is 15.7. The number of ether oxygens (including phenoxy) is 1. The number of esters is 1. The molecule has 1 aromatic carbocycles. The van der Waals surface area contributed by atoms with Gasteiger partial charge in [-0.3, -0.25) is 0 Å². The van der Waals surface area contributed by atoms with Crippen molar-refractivity contribution in [3.8, 4) is 0 Å². The molecule has 1 atom stereocenters. The van der Waals surface area contributed by atoms with E-state index in [0.717, 1.165) is 24.8 Å². The molecule has 0 heterocycles. The van der Waals surface area contributed by atoms with E-state index < -0.39 is 11.9 Å². The van der Waals surface area contributed by atoms with Crippen molar-refractivity contribution in [2.24, 2.45) is 5.92 Å². The molecule has 0 amide bonds. The highest BCUT2D eigenvalue weighted by Gasteiger charge is 2.24. The van der Waals surface area contributed by atoms with Crippen molar-refractivity contribution < 1.29 is 19.4 Å². The Hall–Kier alpha value is -1.84. The van der Waals surface area contributed by atoms with Gasteiger partial charge in [0.1, 0.15) is 6.10 Å². The van der Waals surface area contributed by atoms with Crippen LogP contribution in [0.1, 0.15) is 87.1 Å². The Kier molecular flexibility index (Phi) is 7.00. The molecule has 0 aliphatic carbocycles. The Morgan fingerprint density at radius 3 is 2.21 bits per heavy atom. The van der Waals surface area contributed by atoms with E-state index in [1.807, 2.05) is 27.7 Å². The maximum absolute atomic E-state index is 12.5. The fourth-order valence-electron chi connectivity index (χ4n) is 2.45. The van der Waals surface area contributed by atoms with Gasteiger partial charge in [0.05, 0.1) is 11.1 Å². The fourth-order valence-corrected chi connectivity index (χ4v) is 2.45. The van der Waals surface area contributed by atoms with Crippen LogP contribution in [-0.2, 0) is 10.2 Å². The van der Waals surface area contributed by atoms with Gasteiger partial charge in [-0.2, -0.15) is 0 Å². The van der Waals surface area contributed by atoms with E-state index in [1.54, 1.807) is 18.2 Å². The number of aromatic carboxylic acids is 1. The van der Waals surface area contributed by atoms with Gasteiger partial charge in [-0.25, -0.2) is 9.59 Å². The number of carbonyl (C=O) groups excluding carboxylic acids is 1. The van der Waals surface area contributed by atoms with Gasteiger partial charge >= 0.3 is 11.9 Å². The summed E-state index contributed by atoms with van der Waals surface area (Å²) in [6.07, 6.45) is 2.31. The quantitative estimate of drug-likeness (QED) is 0.708. The van der Waals surface area contributed by atoms with Crippen molar-refractivity contribution in [3.05, 3.63) is 34.9 Å². The summed E-state index contributed by atoms with van der Waals surface area (Å²) in [4.78, 5) is 24.0. The van der Waals surface area contributed by atoms with Crippen molar-refractivity contribution in [3.63, 3.8) is 0 Å². The van der Waals surface area contributed by atoms with Crippen LogP contribution in [0.5, 0.6) is 0 Å². The summed E-state index contributed by atoms with van der Waals surface area (Å²) in [6.45, 7) is 12.2. The summed E-state index contributed by atoms with van der Waals surface area (Å²) in [6, 6.07) is 4.95. The Morgan fingerprint density at radius 1 is 1.12 bits per heavy atom. The smallest absolute Gasteiger partial charge is 0.339 e. The lowest BCUT2D eigenvalue weighted by molar-refractivity contribution is 0.0255. The van der Waals surface area contributed by atoms with Crippen LogP contribution in [0.15, 0.2) is 18.2 Å². The predicted octanol–water partition coefficient (Wildman–Crippen LogP) is 5.05. The van der Waals surface area contributed by atoms with Gasteiger partial charge in [0.2, 0.25) is 0 Å². The number of carboxylic acids is 1. The van der Waals surface area contributed by atoms with Crippen molar-refractivity contribution in [1.82, 2.24) is 0 Å². The standard InChI is InChI=1S/C20H30O4/c1-7-15(10-8-13(2)3)24-19(23)16-11-9-14(20(4,5)6)12-17(16)18(21)22/h9,11-13,15H,7-8,10H2,1-6H3,(H,21,22). The highest BCUT2D eigenvalue weighted by atomic mass is 16.5. The minimum atomic E-state index is -1.11. The zero-order valence-electron chi connectivity index (χ0n) is 15.7. The van der Waals surface area contributed by atoms with Crippen LogP contribution < -0.4 is 0 Å². The molecule has 0 saturated carbocycles. The maximum Gasteiger partial charge on any atom is 0.339 e. The molecule has 24 heavy (non-hydrogen) atoms. The summed E-state index contributed by atoms with van der Waals surface area (Å²) >= 11 is 0. The first-order valence-corrected chi connectivity index (χ1v) is 8.65. The van der Waals surface area contributed by atoms with Crippen LogP contribution in [0.3, 0.4) is 0 Å². The molecule has 0 fully saturated rings. The Morgan fingerprint density at radius 2 is 1.75 bits per heavy atom. The molecule has 0 saturated heterocycles. The topological polar surface area (TPSA) is 63.6 Å². The number of hydrogen-bond acceptors (Lipinski definition) is 3. The van der Waals surface area contributed by atoms with E-state index in [-0.39, 0.29) is 22.6 Å². The van der Waals surface area contributed by atoms with E-state index in [1.165, 1.54) is 0 Å². The molecular weight excluding hydrogens is 304 g/mol. The molecule has 1 N–H and O–H groups in total. The summed E-state index contributed by atoms with van der Waals surface area (Å²) in [5, 5.41) is 9.46. The molecule has 4 heteroatoms. The van der Waals surface area contributed by atoms with E-state index in [9.17, 15) is 14.7 Å². The number of hydrogen-bond donors (Lipinski definition) is 1. The molecule has 4 nitrogen and oxygen atoms in total. The normalized spacial score (nSPS) is 13.0. The van der Waals surface area contributed by atoms with Gasteiger partial charge in [0.25, 0.3) is 0 Å². The van der Waals surface area contributed by atoms with Gasteiger partial charge < -0.3 is 9.84 Å². The minimum Gasteiger partial charge on any atom is -0.478 e. The first kappa shape index (κ1) is 20.2. The van der Waals surface area contributed by atoms with E-state index in [2.05, 4.69) is 13.8 Å². The SMILES string of the molecule is CCC(CCC(C)C)OC(=O)c1ccc(C(C)(C)C)cc1C(=O)O. The summed E-state index contributed by atoms with van der Waals surface area (Å²) < 4.78 is 5.55. The third kappa shape index (κ3) is 5.66. The van der Waals surface area contributed by atoms with Crippen LogP contribution in [0.4, 0.5) is 0 Å². The largest absolute Gasteiger partial charge is 0.478 e. The first-order chi connectivity index (χ1) is 11.1. The molecule has 1 unspecified atom stereocenters. The highest BCUT2D eigenvalue weighted by Crippen LogP contribution is 2.25. The number of rotatable bonds is 7. The molecule has 0 aliphatic heterocycles. The second-order valence-corrected chi connectivity index (χ2v) is 7.72. The van der Waals surface area contributed by atoms with Crippen LogP contribution in [0, 0.1) is 5.92 Å². The molecule has 0 spiro atoms. The molecule has 1 aromatic rings. The minimum absolute atomic E-state index is 0.00568. The van der Waals surface area contributed by atoms with Crippen LogP contribution >= 0.6 is 0 Å². The summed E-state index contributed by atoms with van der Waals surface area (Å²) in [5.41, 5.74) is 0.823. The van der Waals surface area contributed by atoms with Crippen molar-refractivity contribution >= 4 is 11.9 Å². The molecule has 0 radical (unpaired) electrons. The van der Waals surface area contributed by atoms with Gasteiger partial charge in [0, 0.05) is 0 Å². The van der Waals surface area contributed by atoms with E-state index in [4.69, 9.17) is 4.74 Å². The van der Waals surface area contributed by atoms with E-state index >= 15 is 0 Å². The molecule has 0 bridgehead atoms. The first-order valence-electron chi connectivity index (χ1n) is 8.65. The van der Waals surface area contributed by atoms with Gasteiger partial charge in [-0.1, -0.05) is 47.6 Å². The monoisotopic (exact) mass is 334 g/mol. The maximum atomic E-state index is 12.5. The summed E-state index contributed by atoms with van der Waals surface area (Å²) in [7, 11) is 0. The molecule has 1 rings (SSSR count). The summed E-state index contributed by atoms with van der Waals surface area (Å²) in [5.74, 6) is -1.12. The molecule has 134 valence electrons. The van der Waals surface area contributed by atoms with Gasteiger partial charge in [-0.15, -0.1) is 0 Å².